The average Bonchev–Trinajstić information content (AvgIpc) is 3.71. The molecule has 2 unspecified atom stereocenters. The molecule has 1 aliphatic heterocycles. The number of carbonyl (C=O) groups excluding carboxylic acids is 2. The standard InChI is InChI=1S/C32H39N3O4/c1-3-23(2)24-10-16-28(17-11-24)35(32(37)29-9-6-20-39-29)30(31(36)33-26-7-4-5-8-26)25-12-14-27(15-13-25)34-18-21-38-22-19-34/h6,9-17,20,23,26,30H,3-5,7-8,18-19,21-22H2,1-2H3,(H,33,36). The second-order valence-electron chi connectivity index (χ2n) is 10.6. The van der Waals surface area contributed by atoms with E-state index in [-0.39, 0.29) is 23.6 Å². The Balaban J connectivity index is 1.54. The fourth-order valence-corrected chi connectivity index (χ4v) is 5.56. The highest BCUT2D eigenvalue weighted by Crippen LogP contribution is 2.33. The summed E-state index contributed by atoms with van der Waals surface area (Å²) in [5.41, 5.74) is 3.70. The van der Waals surface area contributed by atoms with Crippen LogP contribution in [0.2, 0.25) is 0 Å². The second-order valence-corrected chi connectivity index (χ2v) is 10.6. The fourth-order valence-electron chi connectivity index (χ4n) is 5.56. The van der Waals surface area contributed by atoms with E-state index in [9.17, 15) is 9.59 Å². The SMILES string of the molecule is CCC(C)c1ccc(N(C(=O)c2ccco2)C(C(=O)NC2CCCC2)c2ccc(N3CCOCC3)cc2)cc1. The molecule has 5 rings (SSSR count). The van der Waals surface area contributed by atoms with Gasteiger partial charge >= 0.3 is 0 Å². The molecular formula is C32H39N3O4. The molecule has 1 saturated heterocycles. The molecule has 3 aromatic rings. The summed E-state index contributed by atoms with van der Waals surface area (Å²) in [4.78, 5) is 31.9. The maximum atomic E-state index is 14.0. The number of rotatable bonds is 9. The maximum absolute atomic E-state index is 14.0. The molecule has 2 atom stereocenters. The first-order chi connectivity index (χ1) is 19.0. The molecule has 0 spiro atoms. The minimum absolute atomic E-state index is 0.126. The zero-order valence-electron chi connectivity index (χ0n) is 23.0. The number of morpholine rings is 1. The Labute approximate surface area is 231 Å². The van der Waals surface area contributed by atoms with Crippen molar-refractivity contribution < 1.29 is 18.7 Å². The number of anilines is 2. The lowest BCUT2D eigenvalue weighted by Crippen LogP contribution is -2.46. The Morgan fingerprint density at radius 2 is 1.64 bits per heavy atom. The van der Waals surface area contributed by atoms with Crippen LogP contribution in [-0.2, 0) is 9.53 Å². The zero-order valence-corrected chi connectivity index (χ0v) is 23.0. The van der Waals surface area contributed by atoms with Gasteiger partial charge in [0.15, 0.2) is 5.76 Å². The molecule has 1 aliphatic carbocycles. The van der Waals surface area contributed by atoms with Gasteiger partial charge in [-0.25, -0.2) is 0 Å². The minimum atomic E-state index is -0.851. The third kappa shape index (κ3) is 6.19. The van der Waals surface area contributed by atoms with Crippen molar-refractivity contribution in [2.45, 2.75) is 64.0 Å². The predicted molar refractivity (Wildman–Crippen MR) is 153 cm³/mol. The normalized spacial score (nSPS) is 17.5. The van der Waals surface area contributed by atoms with E-state index >= 15 is 0 Å². The van der Waals surface area contributed by atoms with Gasteiger partial charge in [-0.2, -0.15) is 0 Å². The number of benzene rings is 2. The van der Waals surface area contributed by atoms with Crippen molar-refractivity contribution in [3.63, 3.8) is 0 Å². The second kappa shape index (κ2) is 12.5. The van der Waals surface area contributed by atoms with Crippen molar-refractivity contribution in [2.24, 2.45) is 0 Å². The number of hydrogen-bond acceptors (Lipinski definition) is 5. The van der Waals surface area contributed by atoms with Crippen LogP contribution in [0.4, 0.5) is 11.4 Å². The number of nitrogens with zero attached hydrogens (tertiary/aromatic N) is 2. The van der Waals surface area contributed by atoms with Crippen molar-refractivity contribution in [2.75, 3.05) is 36.1 Å². The molecule has 2 heterocycles. The highest BCUT2D eigenvalue weighted by Gasteiger charge is 2.36. The smallest absolute Gasteiger partial charge is 0.294 e. The van der Waals surface area contributed by atoms with Crippen molar-refractivity contribution in [1.29, 1.82) is 0 Å². The van der Waals surface area contributed by atoms with Crippen molar-refractivity contribution in [1.82, 2.24) is 5.32 Å². The third-order valence-corrected chi connectivity index (χ3v) is 8.10. The molecule has 1 saturated carbocycles. The molecule has 1 aromatic heterocycles. The van der Waals surface area contributed by atoms with Gasteiger partial charge in [0.25, 0.3) is 5.91 Å². The van der Waals surface area contributed by atoms with E-state index in [0.29, 0.717) is 24.8 Å². The third-order valence-electron chi connectivity index (χ3n) is 8.10. The van der Waals surface area contributed by atoms with Gasteiger partial charge < -0.3 is 19.4 Å². The van der Waals surface area contributed by atoms with Crippen LogP contribution in [0.3, 0.4) is 0 Å². The summed E-state index contributed by atoms with van der Waals surface area (Å²) in [6.07, 6.45) is 6.65. The Bertz CT molecular complexity index is 1210. The first-order valence-corrected chi connectivity index (χ1v) is 14.2. The van der Waals surface area contributed by atoms with Crippen LogP contribution in [0.1, 0.15) is 79.6 Å². The summed E-state index contributed by atoms with van der Waals surface area (Å²) in [7, 11) is 0. The fraction of sp³-hybridized carbons (Fsp3) is 0.438. The lowest BCUT2D eigenvalue weighted by Gasteiger charge is -2.33. The van der Waals surface area contributed by atoms with Crippen LogP contribution in [0.5, 0.6) is 0 Å². The molecule has 2 aromatic carbocycles. The Morgan fingerprint density at radius 3 is 2.26 bits per heavy atom. The van der Waals surface area contributed by atoms with Gasteiger partial charge in [0.1, 0.15) is 6.04 Å². The highest BCUT2D eigenvalue weighted by atomic mass is 16.5. The molecule has 7 heteroatoms. The predicted octanol–water partition coefficient (Wildman–Crippen LogP) is 6.08. The van der Waals surface area contributed by atoms with Gasteiger partial charge in [0.2, 0.25) is 5.91 Å². The summed E-state index contributed by atoms with van der Waals surface area (Å²) in [5, 5.41) is 3.25. The van der Waals surface area contributed by atoms with Gasteiger partial charge in [-0.1, -0.05) is 51.0 Å². The number of hydrogen-bond donors (Lipinski definition) is 1. The van der Waals surface area contributed by atoms with Crippen LogP contribution in [0.25, 0.3) is 0 Å². The first-order valence-electron chi connectivity index (χ1n) is 14.2. The van der Waals surface area contributed by atoms with Gasteiger partial charge in [0, 0.05) is 30.5 Å². The lowest BCUT2D eigenvalue weighted by molar-refractivity contribution is -0.123. The molecule has 206 valence electrons. The van der Waals surface area contributed by atoms with E-state index in [0.717, 1.165) is 56.4 Å². The zero-order chi connectivity index (χ0) is 27.2. The van der Waals surface area contributed by atoms with Crippen LogP contribution in [0, 0.1) is 0 Å². The monoisotopic (exact) mass is 529 g/mol. The Kier molecular flexibility index (Phi) is 8.67. The maximum Gasteiger partial charge on any atom is 0.294 e. The molecule has 2 fully saturated rings. The van der Waals surface area contributed by atoms with Crippen LogP contribution >= 0.6 is 0 Å². The van der Waals surface area contributed by atoms with E-state index in [1.165, 1.54) is 11.8 Å². The molecular weight excluding hydrogens is 490 g/mol. The highest BCUT2D eigenvalue weighted by molar-refractivity contribution is 6.08. The van der Waals surface area contributed by atoms with Gasteiger partial charge in [0.05, 0.1) is 19.5 Å². The Morgan fingerprint density at radius 1 is 0.974 bits per heavy atom. The number of nitrogens with one attached hydrogen (secondary N) is 1. The molecule has 0 radical (unpaired) electrons. The van der Waals surface area contributed by atoms with Crippen LogP contribution in [0.15, 0.2) is 71.3 Å². The molecule has 2 aliphatic rings. The van der Waals surface area contributed by atoms with Crippen molar-refractivity contribution >= 4 is 23.2 Å². The van der Waals surface area contributed by atoms with E-state index in [1.54, 1.807) is 17.0 Å². The molecule has 1 N–H and O–H groups in total. The quantitative estimate of drug-likeness (QED) is 0.364. The molecule has 39 heavy (non-hydrogen) atoms. The van der Waals surface area contributed by atoms with Gasteiger partial charge in [-0.3, -0.25) is 14.5 Å². The summed E-state index contributed by atoms with van der Waals surface area (Å²) in [5.74, 6) is 0.0825. The average molecular weight is 530 g/mol. The van der Waals surface area contributed by atoms with E-state index in [4.69, 9.17) is 9.15 Å². The van der Waals surface area contributed by atoms with Crippen molar-refractivity contribution in [3.05, 3.63) is 83.8 Å². The molecule has 7 nitrogen and oxygen atoms in total. The van der Waals surface area contributed by atoms with Crippen molar-refractivity contribution in [3.8, 4) is 0 Å². The first kappa shape index (κ1) is 27.0. The number of amides is 2. The minimum Gasteiger partial charge on any atom is -0.459 e. The lowest BCUT2D eigenvalue weighted by atomic mass is 9.97. The largest absolute Gasteiger partial charge is 0.459 e. The topological polar surface area (TPSA) is 75.0 Å². The summed E-state index contributed by atoms with van der Waals surface area (Å²) >= 11 is 0. The number of furan rings is 1. The summed E-state index contributed by atoms with van der Waals surface area (Å²) < 4.78 is 11.0. The number of carbonyl (C=O) groups is 2. The summed E-state index contributed by atoms with van der Waals surface area (Å²) in [6, 6.07) is 18.6. The summed E-state index contributed by atoms with van der Waals surface area (Å²) in [6.45, 7) is 7.41. The van der Waals surface area contributed by atoms with E-state index in [2.05, 4.69) is 36.2 Å². The van der Waals surface area contributed by atoms with E-state index in [1.807, 2.05) is 36.4 Å². The van der Waals surface area contributed by atoms with E-state index < -0.39 is 6.04 Å². The van der Waals surface area contributed by atoms with Crippen LogP contribution < -0.4 is 15.1 Å². The number of ether oxygens (including phenoxy) is 1. The molecule has 2 amide bonds. The van der Waals surface area contributed by atoms with Gasteiger partial charge in [-0.05, 0) is 72.7 Å². The van der Waals surface area contributed by atoms with Crippen LogP contribution in [-0.4, -0.2) is 44.2 Å². The molecule has 0 bridgehead atoms. The Hall–Kier alpha value is -3.58. The van der Waals surface area contributed by atoms with Gasteiger partial charge in [-0.15, -0.1) is 0 Å².